The minimum atomic E-state index is -2.76. The highest BCUT2D eigenvalue weighted by molar-refractivity contribution is 7.97. The van der Waals surface area contributed by atoms with Gasteiger partial charge in [-0.3, -0.25) is 18.9 Å². The fourth-order valence-corrected chi connectivity index (χ4v) is 5.03. The van der Waals surface area contributed by atoms with Gasteiger partial charge in [0.1, 0.15) is 11.0 Å². The molecule has 0 saturated heterocycles. The van der Waals surface area contributed by atoms with Gasteiger partial charge in [-0.15, -0.1) is 0 Å². The molecule has 0 fully saturated rings. The minimum Gasteiger partial charge on any atom is -0.377 e. The molecule has 1 amide bonds. The van der Waals surface area contributed by atoms with Crippen LogP contribution in [0.15, 0.2) is 53.5 Å². The molecule has 40 heavy (non-hydrogen) atoms. The molecule has 0 aliphatic carbocycles. The van der Waals surface area contributed by atoms with Gasteiger partial charge in [-0.1, -0.05) is 29.6 Å². The van der Waals surface area contributed by atoms with Crippen LogP contribution in [0.3, 0.4) is 0 Å². The molecule has 0 saturated carbocycles. The van der Waals surface area contributed by atoms with E-state index < -0.39 is 18.5 Å². The quantitative estimate of drug-likeness (QED) is 0.182. The third-order valence-corrected chi connectivity index (χ3v) is 7.04. The summed E-state index contributed by atoms with van der Waals surface area (Å²) in [6, 6.07) is 11.6. The molecule has 0 aliphatic heterocycles. The molecule has 9 nitrogen and oxygen atoms in total. The molecule has 0 aliphatic rings. The van der Waals surface area contributed by atoms with E-state index in [4.69, 9.17) is 16.6 Å². The zero-order chi connectivity index (χ0) is 28.7. The first kappa shape index (κ1) is 27.5. The SMILES string of the molecule is CSNC(=O)c1nc(Cl)ccc1NC(C)c1cc(C)cc2c(=O)n(C)c(-c3ccc4nn(C(F)F)cc4c3)nc12. The van der Waals surface area contributed by atoms with Crippen molar-refractivity contribution in [2.45, 2.75) is 26.4 Å². The number of nitrogens with zero attached hydrogens (tertiary/aromatic N) is 5. The Morgan fingerprint density at radius 1 is 1.12 bits per heavy atom. The highest BCUT2D eigenvalue weighted by Crippen LogP contribution is 2.30. The lowest BCUT2D eigenvalue weighted by Crippen LogP contribution is -2.22. The van der Waals surface area contributed by atoms with Gasteiger partial charge in [0.25, 0.3) is 11.5 Å². The van der Waals surface area contributed by atoms with Gasteiger partial charge < -0.3 is 5.32 Å². The van der Waals surface area contributed by atoms with Gasteiger partial charge >= 0.3 is 6.55 Å². The van der Waals surface area contributed by atoms with Crippen molar-refractivity contribution >= 4 is 56.9 Å². The minimum absolute atomic E-state index is 0.132. The van der Waals surface area contributed by atoms with E-state index >= 15 is 0 Å². The number of pyridine rings is 1. The third-order valence-electron chi connectivity index (χ3n) is 6.44. The Kier molecular flexibility index (Phi) is 7.47. The molecule has 1 atom stereocenters. The van der Waals surface area contributed by atoms with Crippen molar-refractivity contribution in [1.82, 2.24) is 29.0 Å². The van der Waals surface area contributed by atoms with Crippen molar-refractivity contribution in [3.05, 3.63) is 81.0 Å². The maximum absolute atomic E-state index is 13.5. The van der Waals surface area contributed by atoms with Crippen LogP contribution in [0.2, 0.25) is 5.15 Å². The summed E-state index contributed by atoms with van der Waals surface area (Å²) in [5, 5.41) is 8.31. The molecule has 5 aromatic rings. The van der Waals surface area contributed by atoms with Crippen LogP contribution in [0.4, 0.5) is 14.5 Å². The second-order valence-electron chi connectivity index (χ2n) is 9.24. The van der Waals surface area contributed by atoms with Crippen LogP contribution in [0.1, 0.15) is 41.1 Å². The smallest absolute Gasteiger partial charge is 0.333 e. The topological polar surface area (TPSA) is 107 Å². The van der Waals surface area contributed by atoms with Crippen molar-refractivity contribution < 1.29 is 13.6 Å². The van der Waals surface area contributed by atoms with Crippen LogP contribution < -0.4 is 15.6 Å². The van der Waals surface area contributed by atoms with Crippen LogP contribution in [0, 0.1) is 6.92 Å². The summed E-state index contributed by atoms with van der Waals surface area (Å²) in [5.41, 5.74) is 3.38. The number of amides is 1. The molecule has 0 bridgehead atoms. The van der Waals surface area contributed by atoms with E-state index in [1.165, 1.54) is 10.8 Å². The van der Waals surface area contributed by atoms with E-state index in [-0.39, 0.29) is 16.4 Å². The molecule has 3 aromatic heterocycles. The third kappa shape index (κ3) is 5.11. The second kappa shape index (κ2) is 10.9. The number of aryl methyl sites for hydroxylation is 1. The Hall–Kier alpha value is -4.03. The first-order valence-electron chi connectivity index (χ1n) is 12.1. The fourth-order valence-electron chi connectivity index (χ4n) is 4.60. The molecule has 3 heterocycles. The molecule has 206 valence electrons. The second-order valence-corrected chi connectivity index (χ2v) is 10.2. The molecule has 1 unspecified atom stereocenters. The predicted molar refractivity (Wildman–Crippen MR) is 154 cm³/mol. The molecule has 0 spiro atoms. The average molecular weight is 584 g/mol. The van der Waals surface area contributed by atoms with Crippen molar-refractivity contribution in [3.8, 4) is 11.4 Å². The van der Waals surface area contributed by atoms with E-state index in [1.807, 2.05) is 19.9 Å². The summed E-state index contributed by atoms with van der Waals surface area (Å²) < 4.78 is 31.0. The number of aromatic nitrogens is 5. The Morgan fingerprint density at radius 3 is 2.62 bits per heavy atom. The number of hydrogen-bond acceptors (Lipinski definition) is 7. The Bertz CT molecular complexity index is 1840. The molecular formula is C27H24ClF2N7O2S. The summed E-state index contributed by atoms with van der Waals surface area (Å²) in [6.45, 7) is 1.02. The monoisotopic (exact) mass is 583 g/mol. The number of halogens is 3. The van der Waals surface area contributed by atoms with Gasteiger partial charge in [-0.2, -0.15) is 13.9 Å². The predicted octanol–water partition coefficient (Wildman–Crippen LogP) is 5.88. The summed E-state index contributed by atoms with van der Waals surface area (Å²) in [6.07, 6.45) is 2.98. The molecular weight excluding hydrogens is 560 g/mol. The van der Waals surface area contributed by atoms with Crippen LogP contribution in [-0.2, 0) is 7.05 Å². The number of hydrogen-bond donors (Lipinski definition) is 2. The maximum atomic E-state index is 13.5. The molecule has 0 radical (unpaired) electrons. The largest absolute Gasteiger partial charge is 0.377 e. The summed E-state index contributed by atoms with van der Waals surface area (Å²) in [4.78, 5) is 35.2. The summed E-state index contributed by atoms with van der Waals surface area (Å²) >= 11 is 7.20. The lowest BCUT2D eigenvalue weighted by molar-refractivity contribution is 0.0573. The first-order chi connectivity index (χ1) is 19.1. The van der Waals surface area contributed by atoms with Crippen LogP contribution in [0.5, 0.6) is 0 Å². The van der Waals surface area contributed by atoms with E-state index in [9.17, 15) is 18.4 Å². The van der Waals surface area contributed by atoms with Crippen molar-refractivity contribution in [2.24, 2.45) is 7.05 Å². The fraction of sp³-hybridized carbons (Fsp3) is 0.222. The van der Waals surface area contributed by atoms with Gasteiger partial charge in [0.15, 0.2) is 5.69 Å². The first-order valence-corrected chi connectivity index (χ1v) is 13.7. The number of alkyl halides is 2. The number of nitrogens with one attached hydrogen (secondary N) is 2. The zero-order valence-electron chi connectivity index (χ0n) is 21.9. The normalized spacial score (nSPS) is 12.3. The van der Waals surface area contributed by atoms with E-state index in [0.29, 0.717) is 43.6 Å². The molecule has 5 rings (SSSR count). The van der Waals surface area contributed by atoms with E-state index in [0.717, 1.165) is 23.1 Å². The van der Waals surface area contributed by atoms with Crippen molar-refractivity contribution in [1.29, 1.82) is 0 Å². The van der Waals surface area contributed by atoms with Crippen LogP contribution in [0.25, 0.3) is 33.2 Å². The summed E-state index contributed by atoms with van der Waals surface area (Å²) in [7, 11) is 1.62. The number of rotatable bonds is 7. The van der Waals surface area contributed by atoms with Gasteiger partial charge in [-0.25, -0.2) is 14.6 Å². The average Bonchev–Trinajstić information content (AvgIpc) is 3.35. The van der Waals surface area contributed by atoms with Crippen LogP contribution >= 0.6 is 23.5 Å². The molecule has 2 aromatic carbocycles. The Labute approximate surface area is 236 Å². The standard InChI is InChI=1S/C27H24ClF2N7O2S/c1-13-9-17(14(2)31-20-7-8-21(28)32-23(20)25(38)35-40-4)22-18(10-13)26(39)36(3)24(33-22)15-5-6-19-16(11-15)12-37(34-19)27(29)30/h5-12,14,27,31H,1-4H3,(H,35,38). The highest BCUT2D eigenvalue weighted by Gasteiger charge is 2.21. The Morgan fingerprint density at radius 2 is 1.90 bits per heavy atom. The molecule has 13 heteroatoms. The van der Waals surface area contributed by atoms with Gasteiger partial charge in [-0.05, 0) is 55.8 Å². The molecule has 2 N–H and O–H groups in total. The lowest BCUT2D eigenvalue weighted by Gasteiger charge is -2.20. The van der Waals surface area contributed by atoms with Gasteiger partial charge in [0, 0.05) is 36.0 Å². The van der Waals surface area contributed by atoms with E-state index in [2.05, 4.69) is 20.1 Å². The number of carbonyl (C=O) groups excluding carboxylic acids is 1. The number of benzene rings is 2. The highest BCUT2D eigenvalue weighted by atomic mass is 35.5. The van der Waals surface area contributed by atoms with Crippen LogP contribution in [-0.4, -0.2) is 36.5 Å². The number of carbonyl (C=O) groups is 1. The Balaban J connectivity index is 1.63. The van der Waals surface area contributed by atoms with Crippen molar-refractivity contribution in [3.63, 3.8) is 0 Å². The maximum Gasteiger partial charge on any atom is 0.333 e. The van der Waals surface area contributed by atoms with Crippen molar-refractivity contribution in [2.75, 3.05) is 11.6 Å². The van der Waals surface area contributed by atoms with E-state index in [1.54, 1.807) is 49.7 Å². The van der Waals surface area contributed by atoms with Gasteiger partial charge in [0.05, 0.1) is 28.1 Å². The van der Waals surface area contributed by atoms with Gasteiger partial charge in [0.2, 0.25) is 0 Å². The number of anilines is 1. The lowest BCUT2D eigenvalue weighted by atomic mass is 10.0. The zero-order valence-corrected chi connectivity index (χ0v) is 23.4. The number of fused-ring (bicyclic) bond motifs is 2. The summed E-state index contributed by atoms with van der Waals surface area (Å²) in [5.74, 6) is -0.0339.